The number of hydrogen-bond acceptors (Lipinski definition) is 6. The first-order chi connectivity index (χ1) is 16.8. The molecule has 1 unspecified atom stereocenters. The van der Waals surface area contributed by atoms with Gasteiger partial charge < -0.3 is 25.8 Å². The van der Waals surface area contributed by atoms with Crippen molar-refractivity contribution in [3.63, 3.8) is 0 Å². The molecular weight excluding hydrogens is 489 g/mol. The number of halogens is 2. The molecule has 9 nitrogen and oxygen atoms in total. The van der Waals surface area contributed by atoms with Crippen molar-refractivity contribution >= 4 is 46.3 Å². The van der Waals surface area contributed by atoms with Gasteiger partial charge in [0.05, 0.1) is 11.3 Å². The van der Waals surface area contributed by atoms with Crippen LogP contribution in [0.1, 0.15) is 48.0 Å². The third-order valence-corrected chi connectivity index (χ3v) is 6.52. The minimum atomic E-state index is -2.12. The lowest BCUT2D eigenvalue weighted by Gasteiger charge is -2.35. The number of aromatic nitrogens is 2. The molecule has 36 heavy (non-hydrogen) atoms. The molecular formula is C25H25ClFN5O4. The normalized spacial score (nSPS) is 19.2. The number of aliphatic hydroxyl groups is 1. The van der Waals surface area contributed by atoms with Crippen molar-refractivity contribution in [3.05, 3.63) is 63.1 Å². The molecule has 188 valence electrons. The SMILES string of the molecule is Cn1nc2c3c(c(N)cc2c1C=C1CN(C(=O)OC(C)(C)C)C1)C(O)(c1cc(F)ccc1Cl)NC3=O. The van der Waals surface area contributed by atoms with Crippen LogP contribution >= 0.6 is 11.6 Å². The predicted octanol–water partition coefficient (Wildman–Crippen LogP) is 3.52. The van der Waals surface area contributed by atoms with Crippen LogP contribution in [0.25, 0.3) is 17.0 Å². The standard InChI is InChI=1S/C25H25ClFN5O4/c1-24(2,3)36-23(34)32-10-12(11-32)7-18-14-9-17(28)20-19(21(14)30-31(18)4)22(33)29-25(20,35)15-8-13(27)5-6-16(15)26/h5-9,35H,10-11,28H2,1-4H3,(H,29,33). The van der Waals surface area contributed by atoms with E-state index in [1.807, 2.05) is 26.8 Å². The highest BCUT2D eigenvalue weighted by Crippen LogP contribution is 2.44. The molecule has 1 aromatic heterocycles. The molecule has 1 fully saturated rings. The van der Waals surface area contributed by atoms with Crippen LogP contribution < -0.4 is 11.1 Å². The number of nitrogens with two attached hydrogens (primary N) is 1. The van der Waals surface area contributed by atoms with Crippen molar-refractivity contribution in [3.8, 4) is 0 Å². The Morgan fingerprint density at radius 2 is 2.03 bits per heavy atom. The molecule has 0 radical (unpaired) electrons. The highest BCUT2D eigenvalue weighted by atomic mass is 35.5. The minimum absolute atomic E-state index is 0.0303. The van der Waals surface area contributed by atoms with E-state index in [1.54, 1.807) is 22.7 Å². The van der Waals surface area contributed by atoms with Crippen LogP contribution in [-0.4, -0.2) is 50.5 Å². The van der Waals surface area contributed by atoms with Gasteiger partial charge in [-0.3, -0.25) is 9.48 Å². The number of likely N-dealkylation sites (tertiary alicyclic amines) is 1. The lowest BCUT2D eigenvalue weighted by molar-refractivity contribution is 0.0215. The third-order valence-electron chi connectivity index (χ3n) is 6.19. The maximum absolute atomic E-state index is 14.0. The number of carbonyl (C=O) groups excluding carboxylic acids is 2. The number of anilines is 1. The molecule has 0 bridgehead atoms. The zero-order valence-electron chi connectivity index (χ0n) is 20.1. The van der Waals surface area contributed by atoms with Gasteiger partial charge in [0.15, 0.2) is 5.72 Å². The monoisotopic (exact) mass is 513 g/mol. The molecule has 2 amide bonds. The maximum Gasteiger partial charge on any atom is 0.410 e. The number of carbonyl (C=O) groups is 2. The largest absolute Gasteiger partial charge is 0.444 e. The number of fused-ring (bicyclic) bond motifs is 3. The number of ether oxygens (including phenoxy) is 1. The molecule has 1 atom stereocenters. The molecule has 5 rings (SSSR count). The van der Waals surface area contributed by atoms with Crippen LogP contribution in [0.4, 0.5) is 14.9 Å². The molecule has 1 saturated heterocycles. The number of aryl methyl sites for hydroxylation is 1. The molecule has 2 aliphatic rings. The van der Waals surface area contributed by atoms with E-state index in [9.17, 15) is 19.1 Å². The Morgan fingerprint density at radius 1 is 1.33 bits per heavy atom. The summed E-state index contributed by atoms with van der Waals surface area (Å²) in [5, 5.41) is 19.2. The second-order valence-electron chi connectivity index (χ2n) is 10.0. The van der Waals surface area contributed by atoms with Gasteiger partial charge in [0.1, 0.15) is 16.9 Å². The summed E-state index contributed by atoms with van der Waals surface area (Å²) in [5.74, 6) is -1.24. The van der Waals surface area contributed by atoms with E-state index in [0.29, 0.717) is 29.7 Å². The first-order valence-corrected chi connectivity index (χ1v) is 11.6. The lowest BCUT2D eigenvalue weighted by Crippen LogP contribution is -2.46. The van der Waals surface area contributed by atoms with Crippen molar-refractivity contribution < 1.29 is 23.8 Å². The average Bonchev–Trinajstić information content (AvgIpc) is 3.18. The smallest absolute Gasteiger partial charge is 0.410 e. The Hall–Kier alpha value is -3.63. The number of nitrogens with zero attached hydrogens (tertiary/aromatic N) is 3. The van der Waals surface area contributed by atoms with Gasteiger partial charge in [-0.2, -0.15) is 5.10 Å². The molecule has 3 aromatic rings. The fourth-order valence-corrected chi connectivity index (χ4v) is 4.86. The van der Waals surface area contributed by atoms with Crippen LogP contribution in [0.5, 0.6) is 0 Å². The minimum Gasteiger partial charge on any atom is -0.444 e. The third kappa shape index (κ3) is 3.77. The molecule has 2 aromatic carbocycles. The zero-order valence-corrected chi connectivity index (χ0v) is 20.9. The molecule has 0 saturated carbocycles. The molecule has 11 heteroatoms. The van der Waals surface area contributed by atoms with Crippen LogP contribution in [0.2, 0.25) is 5.02 Å². The maximum atomic E-state index is 14.0. The summed E-state index contributed by atoms with van der Waals surface area (Å²) in [6, 6.07) is 5.13. The summed E-state index contributed by atoms with van der Waals surface area (Å²) in [4.78, 5) is 26.9. The van der Waals surface area contributed by atoms with Crippen LogP contribution in [0, 0.1) is 5.82 Å². The Bertz CT molecular complexity index is 1480. The Kier molecular flexibility index (Phi) is 5.31. The van der Waals surface area contributed by atoms with Crippen molar-refractivity contribution in [1.82, 2.24) is 20.0 Å². The number of hydrogen-bond donors (Lipinski definition) is 3. The topological polar surface area (TPSA) is 123 Å². The van der Waals surface area contributed by atoms with Crippen LogP contribution in [0.3, 0.4) is 0 Å². The summed E-state index contributed by atoms with van der Waals surface area (Å²) < 4.78 is 21.0. The Labute approximate surface area is 211 Å². The molecule has 2 aliphatic heterocycles. The van der Waals surface area contributed by atoms with Crippen molar-refractivity contribution in [2.75, 3.05) is 18.8 Å². The van der Waals surface area contributed by atoms with E-state index in [2.05, 4.69) is 10.4 Å². The fraction of sp³-hybridized carbons (Fsp3) is 0.320. The summed E-state index contributed by atoms with van der Waals surface area (Å²) in [5.41, 5.74) is 5.90. The van der Waals surface area contributed by atoms with E-state index in [4.69, 9.17) is 22.1 Å². The number of amides is 2. The van der Waals surface area contributed by atoms with Gasteiger partial charge in [-0.1, -0.05) is 11.6 Å². The highest BCUT2D eigenvalue weighted by Gasteiger charge is 2.47. The van der Waals surface area contributed by atoms with E-state index >= 15 is 0 Å². The van der Waals surface area contributed by atoms with E-state index in [-0.39, 0.29) is 33.5 Å². The summed E-state index contributed by atoms with van der Waals surface area (Å²) in [7, 11) is 1.72. The van der Waals surface area contributed by atoms with E-state index in [1.165, 1.54) is 6.07 Å². The number of nitrogens with one attached hydrogen (secondary N) is 1. The fourth-order valence-electron chi connectivity index (χ4n) is 4.60. The number of benzene rings is 2. The molecule has 0 aliphatic carbocycles. The van der Waals surface area contributed by atoms with Gasteiger partial charge >= 0.3 is 6.09 Å². The number of rotatable bonds is 2. The Morgan fingerprint density at radius 3 is 2.69 bits per heavy atom. The summed E-state index contributed by atoms with van der Waals surface area (Å²) in [6.07, 6.45) is 1.51. The van der Waals surface area contributed by atoms with Crippen molar-refractivity contribution in [2.24, 2.45) is 7.05 Å². The second-order valence-corrected chi connectivity index (χ2v) is 10.5. The van der Waals surface area contributed by atoms with Crippen LogP contribution in [0.15, 0.2) is 29.8 Å². The van der Waals surface area contributed by atoms with Gasteiger partial charge in [-0.25, -0.2) is 9.18 Å². The van der Waals surface area contributed by atoms with Gasteiger partial charge in [0.2, 0.25) is 0 Å². The number of nitrogen functional groups attached to an aromatic ring is 1. The molecule has 3 heterocycles. The highest BCUT2D eigenvalue weighted by molar-refractivity contribution is 6.31. The van der Waals surface area contributed by atoms with Gasteiger partial charge in [-0.15, -0.1) is 0 Å². The van der Waals surface area contributed by atoms with E-state index < -0.39 is 23.1 Å². The predicted molar refractivity (Wildman–Crippen MR) is 133 cm³/mol. The zero-order chi connectivity index (χ0) is 26.2. The quantitative estimate of drug-likeness (QED) is 0.451. The van der Waals surface area contributed by atoms with Crippen LogP contribution in [-0.2, 0) is 17.5 Å². The summed E-state index contributed by atoms with van der Waals surface area (Å²) >= 11 is 6.25. The van der Waals surface area contributed by atoms with E-state index in [0.717, 1.165) is 17.7 Å². The first-order valence-electron chi connectivity index (χ1n) is 11.3. The Balaban J connectivity index is 1.55. The first kappa shape index (κ1) is 24.1. The van der Waals surface area contributed by atoms with Gasteiger partial charge in [0, 0.05) is 47.4 Å². The average molecular weight is 514 g/mol. The lowest BCUT2D eigenvalue weighted by atomic mass is 9.91. The van der Waals surface area contributed by atoms with Gasteiger partial charge in [-0.05, 0) is 56.7 Å². The van der Waals surface area contributed by atoms with Crippen molar-refractivity contribution in [2.45, 2.75) is 32.1 Å². The summed E-state index contributed by atoms with van der Waals surface area (Å²) in [6.45, 7) is 6.24. The molecule has 0 spiro atoms. The second kappa shape index (κ2) is 7.94. The van der Waals surface area contributed by atoms with Crippen molar-refractivity contribution in [1.29, 1.82) is 0 Å². The van der Waals surface area contributed by atoms with Gasteiger partial charge in [0.25, 0.3) is 5.91 Å². The molecule has 4 N–H and O–H groups in total.